The Labute approximate surface area is 155 Å². The Kier molecular flexibility index (Phi) is 4.05. The van der Waals surface area contributed by atoms with Gasteiger partial charge in [0.1, 0.15) is 12.2 Å². The number of carbonyl (C=O) groups excluding carboxylic acids is 1. The SMILES string of the molecule is CC1=CC[C@H]2C[C@@]13O[C@H](c1ccccc1)OC[C@]23COC(=O)C(C)(C)C. The number of benzene rings is 1. The molecule has 0 aromatic heterocycles. The van der Waals surface area contributed by atoms with Crippen molar-refractivity contribution >= 4 is 5.97 Å². The second-order valence-corrected chi connectivity index (χ2v) is 9.00. The second-order valence-electron chi connectivity index (χ2n) is 9.00. The fourth-order valence-corrected chi connectivity index (χ4v) is 4.69. The maximum Gasteiger partial charge on any atom is 0.311 e. The van der Waals surface area contributed by atoms with E-state index < -0.39 is 5.41 Å². The molecule has 1 heterocycles. The molecule has 0 N–H and O–H groups in total. The first-order chi connectivity index (χ1) is 12.3. The number of fused-ring (bicyclic) bond motifs is 1. The van der Waals surface area contributed by atoms with Crippen molar-refractivity contribution in [3.63, 3.8) is 0 Å². The van der Waals surface area contributed by atoms with E-state index in [1.807, 2.05) is 51.1 Å². The number of carbonyl (C=O) groups is 1. The molecule has 4 nitrogen and oxygen atoms in total. The highest BCUT2D eigenvalue weighted by atomic mass is 16.7. The predicted molar refractivity (Wildman–Crippen MR) is 98.3 cm³/mol. The van der Waals surface area contributed by atoms with Gasteiger partial charge in [0.2, 0.25) is 0 Å². The van der Waals surface area contributed by atoms with Crippen LogP contribution in [-0.4, -0.2) is 24.8 Å². The predicted octanol–water partition coefficient (Wildman–Crippen LogP) is 4.42. The van der Waals surface area contributed by atoms with Crippen molar-refractivity contribution in [2.45, 2.75) is 52.4 Å². The van der Waals surface area contributed by atoms with Crippen LogP contribution in [0.25, 0.3) is 0 Å². The summed E-state index contributed by atoms with van der Waals surface area (Å²) in [5.41, 5.74) is 1.13. The molecule has 0 amide bonds. The van der Waals surface area contributed by atoms with Crippen LogP contribution in [0.3, 0.4) is 0 Å². The molecule has 26 heavy (non-hydrogen) atoms. The van der Waals surface area contributed by atoms with Crippen LogP contribution >= 0.6 is 0 Å². The third-order valence-electron chi connectivity index (χ3n) is 6.41. The van der Waals surface area contributed by atoms with Crippen LogP contribution in [0.1, 0.15) is 52.4 Å². The Morgan fingerprint density at radius 2 is 2.00 bits per heavy atom. The normalized spacial score (nSPS) is 35.8. The van der Waals surface area contributed by atoms with Gasteiger partial charge in [0.25, 0.3) is 0 Å². The van der Waals surface area contributed by atoms with E-state index >= 15 is 0 Å². The molecule has 1 aliphatic heterocycles. The summed E-state index contributed by atoms with van der Waals surface area (Å²) in [4.78, 5) is 12.3. The second kappa shape index (κ2) is 5.93. The number of rotatable bonds is 3. The lowest BCUT2D eigenvalue weighted by Crippen LogP contribution is -2.73. The Morgan fingerprint density at radius 1 is 1.27 bits per heavy atom. The number of allylic oxidation sites excluding steroid dienone is 1. The van der Waals surface area contributed by atoms with E-state index in [0.717, 1.165) is 18.4 Å². The van der Waals surface area contributed by atoms with Crippen LogP contribution in [-0.2, 0) is 19.0 Å². The monoisotopic (exact) mass is 356 g/mol. The Bertz CT molecular complexity index is 732. The summed E-state index contributed by atoms with van der Waals surface area (Å²) in [6.45, 7) is 8.71. The molecular weight excluding hydrogens is 328 g/mol. The minimum atomic E-state index is -0.503. The lowest BCUT2D eigenvalue weighted by molar-refractivity contribution is -0.374. The summed E-state index contributed by atoms with van der Waals surface area (Å²) in [6, 6.07) is 10.1. The van der Waals surface area contributed by atoms with Gasteiger partial charge in [-0.2, -0.15) is 0 Å². The molecule has 1 spiro atoms. The van der Waals surface area contributed by atoms with Gasteiger partial charge in [-0.15, -0.1) is 0 Å². The zero-order valence-electron chi connectivity index (χ0n) is 16.1. The lowest BCUT2D eigenvalue weighted by Gasteiger charge is -2.68. The summed E-state index contributed by atoms with van der Waals surface area (Å²) in [5.74, 6) is 0.273. The molecule has 0 unspecified atom stereocenters. The fraction of sp³-hybridized carbons (Fsp3) is 0.591. The van der Waals surface area contributed by atoms with Gasteiger partial charge in [-0.1, -0.05) is 36.4 Å². The molecular formula is C22H28O4. The van der Waals surface area contributed by atoms with Crippen molar-refractivity contribution in [1.82, 2.24) is 0 Å². The van der Waals surface area contributed by atoms with E-state index in [-0.39, 0.29) is 23.3 Å². The molecule has 4 atom stereocenters. The first-order valence-electron chi connectivity index (χ1n) is 9.47. The molecule has 1 aromatic carbocycles. The summed E-state index contributed by atoms with van der Waals surface area (Å²) in [7, 11) is 0. The summed E-state index contributed by atoms with van der Waals surface area (Å²) in [5, 5.41) is 0. The smallest absolute Gasteiger partial charge is 0.311 e. The van der Waals surface area contributed by atoms with Crippen molar-refractivity contribution in [3.8, 4) is 0 Å². The van der Waals surface area contributed by atoms with Gasteiger partial charge in [-0.25, -0.2) is 0 Å². The molecule has 3 aliphatic carbocycles. The van der Waals surface area contributed by atoms with Crippen LogP contribution in [0, 0.1) is 16.7 Å². The minimum absolute atomic E-state index is 0.168. The van der Waals surface area contributed by atoms with Crippen LogP contribution in [0.5, 0.6) is 0 Å². The number of hydrogen-bond donors (Lipinski definition) is 0. The van der Waals surface area contributed by atoms with E-state index in [9.17, 15) is 4.79 Å². The summed E-state index contributed by atoms with van der Waals surface area (Å²) < 4.78 is 18.5. The molecule has 1 saturated heterocycles. The van der Waals surface area contributed by atoms with E-state index in [1.54, 1.807) is 0 Å². The first kappa shape index (κ1) is 17.7. The molecule has 1 aromatic rings. The topological polar surface area (TPSA) is 44.8 Å². The summed E-state index contributed by atoms with van der Waals surface area (Å²) in [6.07, 6.45) is 3.90. The van der Waals surface area contributed by atoms with Crippen molar-refractivity contribution in [2.24, 2.45) is 16.7 Å². The van der Waals surface area contributed by atoms with E-state index in [4.69, 9.17) is 14.2 Å². The standard InChI is InChI=1S/C22H28O4/c1-15-10-11-17-12-22(15)21(17,14-25-19(23)20(2,3)4)13-24-18(26-22)16-8-6-5-7-9-16/h5-10,17-18H,11-14H2,1-4H3/t17-,18+,21-,22+/m0/s1. The molecule has 2 bridgehead atoms. The first-order valence-corrected chi connectivity index (χ1v) is 9.47. The van der Waals surface area contributed by atoms with Crippen LogP contribution in [0.2, 0.25) is 0 Å². The third-order valence-corrected chi connectivity index (χ3v) is 6.41. The van der Waals surface area contributed by atoms with E-state index in [0.29, 0.717) is 19.1 Å². The molecule has 4 aliphatic rings. The molecule has 1 saturated carbocycles. The van der Waals surface area contributed by atoms with Gasteiger partial charge in [-0.3, -0.25) is 4.79 Å². The zero-order valence-corrected chi connectivity index (χ0v) is 16.1. The van der Waals surface area contributed by atoms with E-state index in [1.165, 1.54) is 5.57 Å². The van der Waals surface area contributed by atoms with E-state index in [2.05, 4.69) is 13.0 Å². The molecule has 140 valence electrons. The quantitative estimate of drug-likeness (QED) is 0.594. The van der Waals surface area contributed by atoms with Crippen molar-refractivity contribution in [3.05, 3.63) is 47.5 Å². The Hall–Kier alpha value is -1.65. The van der Waals surface area contributed by atoms with Gasteiger partial charge >= 0.3 is 5.97 Å². The van der Waals surface area contributed by atoms with Crippen molar-refractivity contribution < 1.29 is 19.0 Å². The van der Waals surface area contributed by atoms with Crippen molar-refractivity contribution in [1.29, 1.82) is 0 Å². The lowest BCUT2D eigenvalue weighted by atomic mass is 9.44. The highest BCUT2D eigenvalue weighted by Crippen LogP contribution is 2.67. The average molecular weight is 356 g/mol. The molecule has 0 radical (unpaired) electrons. The van der Waals surface area contributed by atoms with Gasteiger partial charge < -0.3 is 14.2 Å². The van der Waals surface area contributed by atoms with Crippen LogP contribution in [0.15, 0.2) is 42.0 Å². The molecule has 2 fully saturated rings. The number of ether oxygens (including phenoxy) is 3. The Balaban J connectivity index is 1.60. The van der Waals surface area contributed by atoms with Gasteiger partial charge in [0.05, 0.1) is 17.4 Å². The number of hydrogen-bond acceptors (Lipinski definition) is 4. The fourth-order valence-electron chi connectivity index (χ4n) is 4.69. The van der Waals surface area contributed by atoms with Gasteiger partial charge in [0.15, 0.2) is 6.29 Å². The minimum Gasteiger partial charge on any atom is -0.464 e. The average Bonchev–Trinajstić information content (AvgIpc) is 2.61. The zero-order chi connectivity index (χ0) is 18.6. The third kappa shape index (κ3) is 2.46. The van der Waals surface area contributed by atoms with Crippen LogP contribution < -0.4 is 0 Å². The highest BCUT2D eigenvalue weighted by molar-refractivity contribution is 5.75. The Morgan fingerprint density at radius 3 is 2.65 bits per heavy atom. The van der Waals surface area contributed by atoms with Crippen molar-refractivity contribution in [2.75, 3.05) is 13.2 Å². The van der Waals surface area contributed by atoms with Gasteiger partial charge in [-0.05, 0) is 52.0 Å². The largest absolute Gasteiger partial charge is 0.464 e. The number of esters is 1. The molecule has 5 rings (SSSR count). The maximum atomic E-state index is 12.3. The van der Waals surface area contributed by atoms with Crippen LogP contribution in [0.4, 0.5) is 0 Å². The maximum absolute atomic E-state index is 12.3. The summed E-state index contributed by atoms with van der Waals surface area (Å²) >= 11 is 0. The molecule has 4 heteroatoms. The highest BCUT2D eigenvalue weighted by Gasteiger charge is 2.71. The van der Waals surface area contributed by atoms with Gasteiger partial charge in [0, 0.05) is 5.56 Å².